The molecular weight excluding hydrogens is 393 g/mol. The van der Waals surface area contributed by atoms with E-state index in [0.717, 1.165) is 18.6 Å². The minimum absolute atomic E-state index is 0.0312. The van der Waals surface area contributed by atoms with E-state index < -0.39 is 18.3 Å². The number of alkyl halides is 1. The highest BCUT2D eigenvalue weighted by Gasteiger charge is 2.29. The fourth-order valence-electron chi connectivity index (χ4n) is 3.11. The van der Waals surface area contributed by atoms with E-state index in [4.69, 9.17) is 0 Å². The van der Waals surface area contributed by atoms with E-state index in [-0.39, 0.29) is 23.7 Å². The highest BCUT2D eigenvalue weighted by atomic mass is 19.1. The van der Waals surface area contributed by atoms with E-state index in [1.807, 2.05) is 6.92 Å². The van der Waals surface area contributed by atoms with Gasteiger partial charge in [0.25, 0.3) is 5.91 Å². The van der Waals surface area contributed by atoms with E-state index in [9.17, 15) is 18.0 Å². The Kier molecular flexibility index (Phi) is 6.44. The third-order valence-electron chi connectivity index (χ3n) is 4.76. The van der Waals surface area contributed by atoms with Gasteiger partial charge in [-0.1, -0.05) is 13.5 Å². The van der Waals surface area contributed by atoms with Gasteiger partial charge in [0.2, 0.25) is 0 Å². The van der Waals surface area contributed by atoms with Crippen LogP contribution in [0.5, 0.6) is 0 Å². The van der Waals surface area contributed by atoms with Crippen molar-refractivity contribution in [2.45, 2.75) is 13.3 Å². The molecule has 1 N–H and O–H groups in total. The number of nitrogens with one attached hydrogen (secondary N) is 1. The lowest BCUT2D eigenvalue weighted by molar-refractivity contribution is -0.117. The molecule has 0 radical (unpaired) electrons. The number of aromatic nitrogens is 1. The largest absolute Gasteiger partial charge is 0.357 e. The Morgan fingerprint density at radius 1 is 1.27 bits per heavy atom. The van der Waals surface area contributed by atoms with Crippen LogP contribution in [0.3, 0.4) is 0 Å². The van der Waals surface area contributed by atoms with Gasteiger partial charge in [-0.15, -0.1) is 0 Å². The first kappa shape index (κ1) is 21.4. The highest BCUT2D eigenvalue weighted by molar-refractivity contribution is 6.12. The zero-order chi connectivity index (χ0) is 21.8. The number of hydrogen-bond acceptors (Lipinski definition) is 4. The number of amides is 1. The molecule has 0 spiro atoms. The Balaban J connectivity index is 2.14. The summed E-state index contributed by atoms with van der Waals surface area (Å²) < 4.78 is 40.8. The molecule has 1 amide bonds. The maximum atomic E-state index is 14.6. The Morgan fingerprint density at radius 3 is 2.70 bits per heavy atom. The summed E-state index contributed by atoms with van der Waals surface area (Å²) in [6.45, 7) is 6.01. The Morgan fingerprint density at radius 2 is 2.03 bits per heavy atom. The quantitative estimate of drug-likeness (QED) is 0.730. The lowest BCUT2D eigenvalue weighted by atomic mass is 9.96. The Hall–Kier alpha value is -3.29. The molecule has 8 heteroatoms. The summed E-state index contributed by atoms with van der Waals surface area (Å²) in [7, 11) is 1.69. The van der Waals surface area contributed by atoms with Gasteiger partial charge >= 0.3 is 0 Å². The van der Waals surface area contributed by atoms with Gasteiger partial charge in [-0.05, 0) is 36.3 Å². The van der Waals surface area contributed by atoms with Gasteiger partial charge in [0.05, 0.1) is 11.3 Å². The molecular formula is C22H23F3N4O. The molecule has 0 saturated carbocycles. The third kappa shape index (κ3) is 4.17. The smallest absolute Gasteiger partial charge is 0.253 e. The number of carbonyl (C=O) groups excluding carboxylic acids is 1. The van der Waals surface area contributed by atoms with E-state index in [1.54, 1.807) is 24.1 Å². The summed E-state index contributed by atoms with van der Waals surface area (Å²) in [6.07, 6.45) is 2.20. The molecule has 0 saturated heterocycles. The van der Waals surface area contributed by atoms with E-state index in [1.165, 1.54) is 17.2 Å². The zero-order valence-corrected chi connectivity index (χ0v) is 16.9. The van der Waals surface area contributed by atoms with Gasteiger partial charge in [-0.25, -0.2) is 18.2 Å². The van der Waals surface area contributed by atoms with Crippen LogP contribution in [0.25, 0.3) is 5.57 Å². The maximum Gasteiger partial charge on any atom is 0.253 e. The van der Waals surface area contributed by atoms with Crippen LogP contribution < -0.4 is 15.1 Å². The lowest BCUT2D eigenvalue weighted by Gasteiger charge is -2.30. The molecule has 2 aromatic rings. The SMILES string of the molecule is C=C1C(C(=O)NCCC)=CN(c2ccc(F)cc2F)c2nc(N(C)CCF)ccc21. The molecule has 30 heavy (non-hydrogen) atoms. The van der Waals surface area contributed by atoms with Crippen molar-refractivity contribution in [3.63, 3.8) is 0 Å². The summed E-state index contributed by atoms with van der Waals surface area (Å²) in [4.78, 5) is 20.2. The first-order chi connectivity index (χ1) is 14.4. The normalized spacial score (nSPS) is 13.0. The number of fused-ring (bicyclic) bond motifs is 1. The lowest BCUT2D eigenvalue weighted by Crippen LogP contribution is -2.30. The van der Waals surface area contributed by atoms with Crippen molar-refractivity contribution in [1.82, 2.24) is 10.3 Å². The molecule has 0 unspecified atom stereocenters. The van der Waals surface area contributed by atoms with Crippen molar-refractivity contribution in [1.29, 1.82) is 0 Å². The fraction of sp³-hybridized carbons (Fsp3) is 0.273. The van der Waals surface area contributed by atoms with Crippen molar-refractivity contribution >= 4 is 28.8 Å². The van der Waals surface area contributed by atoms with Crippen molar-refractivity contribution in [2.24, 2.45) is 0 Å². The van der Waals surface area contributed by atoms with E-state index in [0.29, 0.717) is 29.3 Å². The first-order valence-electron chi connectivity index (χ1n) is 9.59. The van der Waals surface area contributed by atoms with Crippen molar-refractivity contribution < 1.29 is 18.0 Å². The minimum atomic E-state index is -0.803. The van der Waals surface area contributed by atoms with Crippen LogP contribution in [0.1, 0.15) is 18.9 Å². The minimum Gasteiger partial charge on any atom is -0.357 e. The molecule has 5 nitrogen and oxygen atoms in total. The average Bonchev–Trinajstić information content (AvgIpc) is 2.72. The topological polar surface area (TPSA) is 48.5 Å². The van der Waals surface area contributed by atoms with Crippen LogP contribution in [-0.2, 0) is 4.79 Å². The van der Waals surface area contributed by atoms with Crippen molar-refractivity contribution in [2.75, 3.05) is 36.6 Å². The standard InChI is InChI=1S/C22H23F3N4O/c1-4-10-26-22(30)17-13-29(19-7-5-15(24)12-18(19)25)21-16(14(17)2)6-8-20(27-21)28(3)11-9-23/h5-8,12-13H,2,4,9-11H2,1,3H3,(H,26,30). The molecule has 0 aliphatic carbocycles. The van der Waals surface area contributed by atoms with Crippen LogP contribution in [0.15, 0.2) is 48.7 Å². The van der Waals surface area contributed by atoms with Gasteiger partial charge in [-0.2, -0.15) is 0 Å². The summed E-state index contributed by atoms with van der Waals surface area (Å²) >= 11 is 0. The predicted molar refractivity (Wildman–Crippen MR) is 112 cm³/mol. The monoisotopic (exact) mass is 416 g/mol. The van der Waals surface area contributed by atoms with Crippen molar-refractivity contribution in [3.05, 3.63) is 65.9 Å². The third-order valence-corrected chi connectivity index (χ3v) is 4.76. The zero-order valence-electron chi connectivity index (χ0n) is 16.9. The van der Waals surface area contributed by atoms with Gasteiger partial charge in [0.15, 0.2) is 0 Å². The molecule has 0 bridgehead atoms. The number of anilines is 3. The van der Waals surface area contributed by atoms with Gasteiger partial charge < -0.3 is 10.2 Å². The number of benzene rings is 1. The molecule has 2 heterocycles. The molecule has 158 valence electrons. The number of nitrogens with zero attached hydrogens (tertiary/aromatic N) is 3. The fourth-order valence-corrected chi connectivity index (χ4v) is 3.11. The average molecular weight is 416 g/mol. The number of pyridine rings is 1. The number of carbonyl (C=O) groups is 1. The molecule has 0 fully saturated rings. The maximum absolute atomic E-state index is 14.6. The Labute approximate surface area is 173 Å². The van der Waals surface area contributed by atoms with Gasteiger partial charge in [0.1, 0.15) is 29.9 Å². The first-order valence-corrected chi connectivity index (χ1v) is 9.59. The molecule has 1 aromatic heterocycles. The number of halogens is 3. The number of rotatable bonds is 7. The summed E-state index contributed by atoms with van der Waals surface area (Å²) in [6, 6.07) is 6.57. The molecule has 0 atom stereocenters. The Bertz CT molecular complexity index is 1010. The van der Waals surface area contributed by atoms with Crippen LogP contribution in [0.4, 0.5) is 30.5 Å². The van der Waals surface area contributed by atoms with E-state index in [2.05, 4.69) is 16.9 Å². The highest BCUT2D eigenvalue weighted by Crippen LogP contribution is 2.40. The molecule has 1 aromatic carbocycles. The molecule has 3 rings (SSSR count). The van der Waals surface area contributed by atoms with Crippen LogP contribution in [0, 0.1) is 11.6 Å². The molecule has 1 aliphatic heterocycles. The summed E-state index contributed by atoms with van der Waals surface area (Å²) in [5.41, 5.74) is 1.25. The second-order valence-corrected chi connectivity index (χ2v) is 6.89. The van der Waals surface area contributed by atoms with Crippen molar-refractivity contribution in [3.8, 4) is 0 Å². The van der Waals surface area contributed by atoms with Crippen LogP contribution >= 0.6 is 0 Å². The summed E-state index contributed by atoms with van der Waals surface area (Å²) in [5.74, 6) is -1.08. The number of hydrogen-bond donors (Lipinski definition) is 1. The molecule has 1 aliphatic rings. The van der Waals surface area contributed by atoms with Gasteiger partial charge in [-0.3, -0.25) is 9.69 Å². The van der Waals surface area contributed by atoms with Crippen LogP contribution in [-0.4, -0.2) is 37.7 Å². The van der Waals surface area contributed by atoms with E-state index >= 15 is 0 Å². The van der Waals surface area contributed by atoms with Crippen LogP contribution in [0.2, 0.25) is 0 Å². The summed E-state index contributed by atoms with van der Waals surface area (Å²) in [5, 5.41) is 2.79. The second-order valence-electron chi connectivity index (χ2n) is 6.89. The van der Waals surface area contributed by atoms with Gasteiger partial charge in [0, 0.05) is 38.0 Å². The second kappa shape index (κ2) is 9.02. The predicted octanol–water partition coefficient (Wildman–Crippen LogP) is 4.34.